The first-order chi connectivity index (χ1) is 7.00. The van der Waals surface area contributed by atoms with Crippen molar-refractivity contribution < 1.29 is 4.79 Å². The summed E-state index contributed by atoms with van der Waals surface area (Å²) in [7, 11) is 0. The Labute approximate surface area is 87.7 Å². The second-order valence-electron chi connectivity index (χ2n) is 4.64. The summed E-state index contributed by atoms with van der Waals surface area (Å²) in [6, 6.07) is 1.55. The predicted octanol–water partition coefficient (Wildman–Crippen LogP) is 0.903. The first-order valence-electron chi connectivity index (χ1n) is 4.99. The van der Waals surface area contributed by atoms with E-state index >= 15 is 0 Å². The third-order valence-corrected chi connectivity index (χ3v) is 2.89. The number of hydrogen-bond donors (Lipinski definition) is 2. The number of aromatic nitrogens is 1. The van der Waals surface area contributed by atoms with E-state index in [1.54, 1.807) is 0 Å². The van der Waals surface area contributed by atoms with Crippen LogP contribution in [0.3, 0.4) is 0 Å². The second kappa shape index (κ2) is 3.22. The van der Waals surface area contributed by atoms with Gasteiger partial charge in [0, 0.05) is 24.5 Å². The highest BCUT2D eigenvalue weighted by Gasteiger charge is 2.46. The van der Waals surface area contributed by atoms with Gasteiger partial charge in [-0.15, -0.1) is 0 Å². The van der Waals surface area contributed by atoms with E-state index < -0.39 is 0 Å². The van der Waals surface area contributed by atoms with E-state index in [9.17, 15) is 9.59 Å². The van der Waals surface area contributed by atoms with Gasteiger partial charge in [0.05, 0.1) is 0 Å². The molecule has 1 saturated carbocycles. The minimum atomic E-state index is -0.285. The molecule has 1 unspecified atom stereocenters. The lowest BCUT2D eigenvalue weighted by molar-refractivity contribution is 0.0945. The molecule has 1 aromatic rings. The number of aromatic amines is 1. The van der Waals surface area contributed by atoms with Crippen molar-refractivity contribution in [2.75, 3.05) is 0 Å². The minimum Gasteiger partial charge on any atom is -0.367 e. The van der Waals surface area contributed by atoms with Gasteiger partial charge in [-0.25, -0.2) is 0 Å². The monoisotopic (exact) mass is 206 g/mol. The molecule has 2 N–H and O–H groups in total. The lowest BCUT2D eigenvalue weighted by atomic mass is 10.2. The lowest BCUT2D eigenvalue weighted by Crippen LogP contribution is -2.32. The standard InChI is InChI=1S/C11H14N2O2/c1-11(2)5-9(11)13-10(15)7-6-12-4-3-8(7)14/h3-4,6,9H,5H2,1-2H3,(H,12,14)(H,13,15). The van der Waals surface area contributed by atoms with Gasteiger partial charge >= 0.3 is 0 Å². The van der Waals surface area contributed by atoms with E-state index in [0.29, 0.717) is 0 Å². The molecule has 1 aliphatic rings. The van der Waals surface area contributed by atoms with Crippen LogP contribution in [0.2, 0.25) is 0 Å². The molecule has 1 aromatic heterocycles. The molecule has 4 heteroatoms. The maximum absolute atomic E-state index is 11.7. The van der Waals surface area contributed by atoms with Crippen molar-refractivity contribution in [3.63, 3.8) is 0 Å². The summed E-state index contributed by atoms with van der Waals surface area (Å²) in [4.78, 5) is 25.8. The van der Waals surface area contributed by atoms with Crippen LogP contribution < -0.4 is 10.7 Å². The third kappa shape index (κ3) is 1.93. The molecule has 0 aromatic carbocycles. The Bertz CT molecular complexity index is 448. The third-order valence-electron chi connectivity index (χ3n) is 2.89. The van der Waals surface area contributed by atoms with Crippen LogP contribution in [-0.4, -0.2) is 16.9 Å². The highest BCUT2D eigenvalue weighted by atomic mass is 16.2. The van der Waals surface area contributed by atoms with Crippen molar-refractivity contribution in [2.45, 2.75) is 26.3 Å². The van der Waals surface area contributed by atoms with Gasteiger partial charge in [-0.1, -0.05) is 13.8 Å². The topological polar surface area (TPSA) is 62.0 Å². The number of amides is 1. The van der Waals surface area contributed by atoms with Gasteiger partial charge in [-0.3, -0.25) is 9.59 Å². The van der Waals surface area contributed by atoms with Crippen LogP contribution in [0.25, 0.3) is 0 Å². The molecular weight excluding hydrogens is 192 g/mol. The molecule has 1 aliphatic carbocycles. The van der Waals surface area contributed by atoms with Gasteiger partial charge < -0.3 is 10.3 Å². The number of pyridine rings is 1. The molecule has 80 valence electrons. The number of rotatable bonds is 2. The first kappa shape index (κ1) is 9.96. The summed E-state index contributed by atoms with van der Waals surface area (Å²) >= 11 is 0. The molecule has 1 heterocycles. The highest BCUT2D eigenvalue weighted by molar-refractivity contribution is 5.94. The first-order valence-corrected chi connectivity index (χ1v) is 4.99. The van der Waals surface area contributed by atoms with E-state index in [0.717, 1.165) is 6.42 Å². The minimum absolute atomic E-state index is 0.178. The Morgan fingerprint density at radius 3 is 2.80 bits per heavy atom. The van der Waals surface area contributed by atoms with Crippen molar-refractivity contribution in [1.29, 1.82) is 0 Å². The zero-order valence-corrected chi connectivity index (χ0v) is 8.83. The number of hydrogen-bond acceptors (Lipinski definition) is 2. The Morgan fingerprint density at radius 2 is 2.27 bits per heavy atom. The molecule has 1 fully saturated rings. The van der Waals surface area contributed by atoms with E-state index in [1.807, 2.05) is 0 Å². The normalized spacial score (nSPS) is 22.1. The quantitative estimate of drug-likeness (QED) is 0.755. The fourth-order valence-electron chi connectivity index (χ4n) is 1.54. The summed E-state index contributed by atoms with van der Waals surface area (Å²) in [6.45, 7) is 4.18. The van der Waals surface area contributed by atoms with Crippen LogP contribution in [-0.2, 0) is 0 Å². The molecule has 0 spiro atoms. The van der Waals surface area contributed by atoms with Gasteiger partial charge in [0.15, 0.2) is 5.43 Å². The summed E-state index contributed by atoms with van der Waals surface area (Å²) in [5.41, 5.74) is 0.113. The average molecular weight is 206 g/mol. The average Bonchev–Trinajstić information content (AvgIpc) is 2.74. The summed E-state index contributed by atoms with van der Waals surface area (Å²) < 4.78 is 0. The van der Waals surface area contributed by atoms with Crippen molar-refractivity contribution in [1.82, 2.24) is 10.3 Å². The molecule has 0 radical (unpaired) electrons. The Hall–Kier alpha value is -1.58. The number of carbonyl (C=O) groups is 1. The van der Waals surface area contributed by atoms with E-state index in [4.69, 9.17) is 0 Å². The van der Waals surface area contributed by atoms with Gasteiger partial charge in [-0.05, 0) is 11.8 Å². The van der Waals surface area contributed by atoms with E-state index in [1.165, 1.54) is 18.5 Å². The predicted molar refractivity (Wildman–Crippen MR) is 56.7 cm³/mol. The van der Waals surface area contributed by atoms with Crippen molar-refractivity contribution in [3.8, 4) is 0 Å². The number of H-pyrrole nitrogens is 1. The molecule has 0 bridgehead atoms. The Balaban J connectivity index is 2.10. The Kier molecular flexibility index (Phi) is 2.14. The van der Waals surface area contributed by atoms with Crippen molar-refractivity contribution in [3.05, 3.63) is 34.2 Å². The van der Waals surface area contributed by atoms with Gasteiger partial charge in [0.25, 0.3) is 5.91 Å². The van der Waals surface area contributed by atoms with Crippen LogP contribution in [0, 0.1) is 5.41 Å². The number of carbonyl (C=O) groups excluding carboxylic acids is 1. The molecule has 4 nitrogen and oxygen atoms in total. The molecule has 15 heavy (non-hydrogen) atoms. The molecule has 2 rings (SSSR count). The summed E-state index contributed by atoms with van der Waals surface area (Å²) in [6.07, 6.45) is 3.93. The molecule has 0 saturated heterocycles. The maximum Gasteiger partial charge on any atom is 0.256 e. The van der Waals surface area contributed by atoms with Crippen LogP contribution in [0.1, 0.15) is 30.6 Å². The number of nitrogens with one attached hydrogen (secondary N) is 2. The molecule has 1 atom stereocenters. The smallest absolute Gasteiger partial charge is 0.256 e. The summed E-state index contributed by atoms with van der Waals surface area (Å²) in [5.74, 6) is -0.285. The van der Waals surface area contributed by atoms with Crippen molar-refractivity contribution in [2.24, 2.45) is 5.41 Å². The molecular formula is C11H14N2O2. The van der Waals surface area contributed by atoms with Crippen LogP contribution in [0.5, 0.6) is 0 Å². The molecule has 0 aliphatic heterocycles. The lowest BCUT2D eigenvalue weighted by Gasteiger charge is -2.05. The van der Waals surface area contributed by atoms with E-state index in [-0.39, 0.29) is 28.4 Å². The Morgan fingerprint density at radius 1 is 1.60 bits per heavy atom. The zero-order chi connectivity index (χ0) is 11.1. The van der Waals surface area contributed by atoms with Crippen molar-refractivity contribution >= 4 is 5.91 Å². The fraction of sp³-hybridized carbons (Fsp3) is 0.455. The summed E-state index contributed by atoms with van der Waals surface area (Å²) in [5, 5.41) is 2.84. The highest BCUT2D eigenvalue weighted by Crippen LogP contribution is 2.44. The largest absolute Gasteiger partial charge is 0.367 e. The zero-order valence-electron chi connectivity index (χ0n) is 8.83. The van der Waals surface area contributed by atoms with Gasteiger partial charge in [0.1, 0.15) is 5.56 Å². The van der Waals surface area contributed by atoms with Crippen LogP contribution in [0.4, 0.5) is 0 Å². The van der Waals surface area contributed by atoms with Crippen LogP contribution in [0.15, 0.2) is 23.3 Å². The molecule has 1 amide bonds. The fourth-order valence-corrected chi connectivity index (χ4v) is 1.54. The second-order valence-corrected chi connectivity index (χ2v) is 4.64. The SMILES string of the molecule is CC1(C)CC1NC(=O)c1c[nH]ccc1=O. The van der Waals surface area contributed by atoms with Gasteiger partial charge in [0.2, 0.25) is 0 Å². The van der Waals surface area contributed by atoms with Gasteiger partial charge in [-0.2, -0.15) is 0 Å². The van der Waals surface area contributed by atoms with Crippen LogP contribution >= 0.6 is 0 Å². The van der Waals surface area contributed by atoms with E-state index in [2.05, 4.69) is 24.1 Å². The maximum atomic E-state index is 11.7.